The van der Waals surface area contributed by atoms with Crippen molar-refractivity contribution in [3.05, 3.63) is 18.2 Å². The first-order valence-corrected chi connectivity index (χ1v) is 7.04. The fourth-order valence-corrected chi connectivity index (χ4v) is 2.72. The Morgan fingerprint density at radius 3 is 2.60 bits per heavy atom. The van der Waals surface area contributed by atoms with E-state index < -0.39 is 10.0 Å². The predicted octanol–water partition coefficient (Wildman–Crippen LogP) is 1.42. The van der Waals surface area contributed by atoms with Crippen LogP contribution in [0.15, 0.2) is 28.0 Å². The minimum absolute atomic E-state index is 0.00334. The Morgan fingerprint density at radius 1 is 1.40 bits per heavy atom. The molecule has 4 nitrogen and oxygen atoms in total. The van der Waals surface area contributed by atoms with E-state index >= 15 is 0 Å². The van der Waals surface area contributed by atoms with E-state index in [-0.39, 0.29) is 10.6 Å². The molecule has 0 saturated carbocycles. The van der Waals surface area contributed by atoms with Crippen molar-refractivity contribution in [2.75, 3.05) is 11.5 Å². The largest absolute Gasteiger partial charge is 0.397 e. The molecular weight excluding hydrogens is 232 g/mol. The Bertz CT molecular complexity index is 443. The number of hydrogen-bond donors (Lipinski definition) is 2. The highest BCUT2D eigenvalue weighted by molar-refractivity contribution is 7.99. The van der Waals surface area contributed by atoms with E-state index in [1.807, 2.05) is 6.92 Å². The second kappa shape index (κ2) is 4.87. The number of anilines is 1. The molecule has 1 aromatic carbocycles. The smallest absolute Gasteiger partial charge is 0.240 e. The fraction of sp³-hybridized carbons (Fsp3) is 0.333. The molecule has 0 aliphatic rings. The third kappa shape index (κ3) is 3.12. The molecule has 0 aliphatic carbocycles. The van der Waals surface area contributed by atoms with Crippen molar-refractivity contribution < 1.29 is 8.42 Å². The first-order valence-electron chi connectivity index (χ1n) is 4.51. The molecule has 0 radical (unpaired) electrons. The number of hydrogen-bond acceptors (Lipinski definition) is 4. The molecule has 0 amide bonds. The summed E-state index contributed by atoms with van der Waals surface area (Å²) in [4.78, 5) is 0.770. The molecule has 0 heterocycles. The van der Waals surface area contributed by atoms with Crippen molar-refractivity contribution >= 4 is 27.5 Å². The van der Waals surface area contributed by atoms with Gasteiger partial charge in [0.05, 0.1) is 5.69 Å². The Labute approximate surface area is 94.1 Å². The maximum absolute atomic E-state index is 11.2. The SMILES string of the molecule is CCCSc1cccc(S(N)(=O)=O)c1N. The van der Waals surface area contributed by atoms with Gasteiger partial charge in [0.25, 0.3) is 0 Å². The molecule has 1 rings (SSSR count). The van der Waals surface area contributed by atoms with Crippen LogP contribution in [0.3, 0.4) is 0 Å². The Morgan fingerprint density at radius 2 is 2.07 bits per heavy atom. The summed E-state index contributed by atoms with van der Waals surface area (Å²) in [5.74, 6) is 0.901. The van der Waals surface area contributed by atoms with Gasteiger partial charge >= 0.3 is 0 Å². The lowest BCUT2D eigenvalue weighted by molar-refractivity contribution is 0.598. The van der Waals surface area contributed by atoms with Gasteiger partial charge in [-0.2, -0.15) is 0 Å². The molecule has 0 aromatic heterocycles. The molecule has 15 heavy (non-hydrogen) atoms. The molecule has 0 saturated heterocycles. The van der Waals surface area contributed by atoms with Crippen LogP contribution < -0.4 is 10.9 Å². The highest BCUT2D eigenvalue weighted by Crippen LogP contribution is 2.29. The van der Waals surface area contributed by atoms with Crippen molar-refractivity contribution in [3.8, 4) is 0 Å². The van der Waals surface area contributed by atoms with E-state index in [1.165, 1.54) is 17.8 Å². The average molecular weight is 246 g/mol. The molecule has 6 heteroatoms. The lowest BCUT2D eigenvalue weighted by Gasteiger charge is -2.08. The second-order valence-corrected chi connectivity index (χ2v) is 5.73. The van der Waals surface area contributed by atoms with E-state index in [4.69, 9.17) is 10.9 Å². The normalized spacial score (nSPS) is 11.6. The molecule has 0 atom stereocenters. The van der Waals surface area contributed by atoms with Gasteiger partial charge in [-0.05, 0) is 24.3 Å². The summed E-state index contributed by atoms with van der Waals surface area (Å²) in [7, 11) is -3.72. The van der Waals surface area contributed by atoms with E-state index in [0.29, 0.717) is 0 Å². The summed E-state index contributed by atoms with van der Waals surface area (Å²) in [6.45, 7) is 2.05. The van der Waals surface area contributed by atoms with Gasteiger partial charge in [-0.25, -0.2) is 13.6 Å². The maximum Gasteiger partial charge on any atom is 0.240 e. The molecule has 84 valence electrons. The maximum atomic E-state index is 11.2. The van der Waals surface area contributed by atoms with Crippen LogP contribution in [0.1, 0.15) is 13.3 Å². The van der Waals surface area contributed by atoms with Crippen LogP contribution in [0.5, 0.6) is 0 Å². The van der Waals surface area contributed by atoms with E-state index in [9.17, 15) is 8.42 Å². The number of rotatable bonds is 4. The molecule has 0 spiro atoms. The number of nitrogen functional groups attached to an aromatic ring is 1. The van der Waals surface area contributed by atoms with Gasteiger partial charge in [0.15, 0.2) is 0 Å². The van der Waals surface area contributed by atoms with Gasteiger partial charge in [0.2, 0.25) is 10.0 Å². The molecule has 0 unspecified atom stereocenters. The first kappa shape index (κ1) is 12.4. The van der Waals surface area contributed by atoms with E-state index in [2.05, 4.69) is 0 Å². The molecule has 4 N–H and O–H groups in total. The van der Waals surface area contributed by atoms with Crippen LogP contribution >= 0.6 is 11.8 Å². The number of para-hydroxylation sites is 1. The summed E-state index contributed by atoms with van der Waals surface area (Å²) < 4.78 is 22.3. The third-order valence-electron chi connectivity index (χ3n) is 1.79. The monoisotopic (exact) mass is 246 g/mol. The topological polar surface area (TPSA) is 86.2 Å². The summed E-state index contributed by atoms with van der Waals surface area (Å²) in [6, 6.07) is 4.86. The zero-order chi connectivity index (χ0) is 11.5. The third-order valence-corrected chi connectivity index (χ3v) is 4.04. The van der Waals surface area contributed by atoms with Crippen LogP contribution in [-0.4, -0.2) is 14.2 Å². The summed E-state index contributed by atoms with van der Waals surface area (Å²) >= 11 is 1.53. The van der Waals surface area contributed by atoms with Gasteiger partial charge < -0.3 is 5.73 Å². The van der Waals surface area contributed by atoms with Crippen LogP contribution in [-0.2, 0) is 10.0 Å². The van der Waals surface area contributed by atoms with Crippen molar-refractivity contribution in [2.24, 2.45) is 5.14 Å². The van der Waals surface area contributed by atoms with E-state index in [0.717, 1.165) is 17.1 Å². The number of thioether (sulfide) groups is 1. The van der Waals surface area contributed by atoms with Crippen LogP contribution in [0.25, 0.3) is 0 Å². The fourth-order valence-electron chi connectivity index (χ4n) is 1.11. The molecular formula is C9H14N2O2S2. The quantitative estimate of drug-likeness (QED) is 0.621. The van der Waals surface area contributed by atoms with Gasteiger partial charge in [-0.3, -0.25) is 0 Å². The van der Waals surface area contributed by atoms with Gasteiger partial charge in [-0.15, -0.1) is 11.8 Å². The summed E-state index contributed by atoms with van der Waals surface area (Å²) in [6.07, 6.45) is 1.00. The molecule has 1 aromatic rings. The Balaban J connectivity index is 3.12. The Hall–Kier alpha value is -0.720. The standard InChI is InChI=1S/C9H14N2O2S2/c1-2-6-14-7-4-3-5-8(9(7)10)15(11,12)13/h3-5H,2,6,10H2,1H3,(H2,11,12,13). The highest BCUT2D eigenvalue weighted by atomic mass is 32.2. The van der Waals surface area contributed by atoms with Crippen LogP contribution in [0.4, 0.5) is 5.69 Å². The number of nitrogens with two attached hydrogens (primary N) is 2. The summed E-state index contributed by atoms with van der Waals surface area (Å²) in [5, 5.41) is 5.04. The number of benzene rings is 1. The number of primary sulfonamides is 1. The molecule has 0 aliphatic heterocycles. The van der Waals surface area contributed by atoms with Crippen molar-refractivity contribution in [1.82, 2.24) is 0 Å². The number of sulfonamides is 1. The van der Waals surface area contributed by atoms with Crippen molar-refractivity contribution in [2.45, 2.75) is 23.1 Å². The average Bonchev–Trinajstić information content (AvgIpc) is 2.14. The minimum atomic E-state index is -3.72. The van der Waals surface area contributed by atoms with Crippen molar-refractivity contribution in [3.63, 3.8) is 0 Å². The predicted molar refractivity (Wildman–Crippen MR) is 63.2 cm³/mol. The minimum Gasteiger partial charge on any atom is -0.397 e. The lowest BCUT2D eigenvalue weighted by atomic mass is 10.3. The zero-order valence-electron chi connectivity index (χ0n) is 8.43. The summed E-state index contributed by atoms with van der Waals surface area (Å²) in [5.41, 5.74) is 5.98. The van der Waals surface area contributed by atoms with Crippen molar-refractivity contribution in [1.29, 1.82) is 0 Å². The molecule has 0 fully saturated rings. The highest BCUT2D eigenvalue weighted by Gasteiger charge is 2.14. The first-order chi connectivity index (χ1) is 6.96. The zero-order valence-corrected chi connectivity index (χ0v) is 10.1. The van der Waals surface area contributed by atoms with Gasteiger partial charge in [0, 0.05) is 4.90 Å². The Kier molecular flexibility index (Phi) is 4.01. The van der Waals surface area contributed by atoms with Crippen LogP contribution in [0, 0.1) is 0 Å². The molecule has 0 bridgehead atoms. The lowest BCUT2D eigenvalue weighted by Crippen LogP contribution is -2.14. The van der Waals surface area contributed by atoms with Gasteiger partial charge in [0.1, 0.15) is 4.90 Å². The van der Waals surface area contributed by atoms with Gasteiger partial charge in [-0.1, -0.05) is 13.0 Å². The second-order valence-electron chi connectivity index (χ2n) is 3.06. The van der Waals surface area contributed by atoms with E-state index in [1.54, 1.807) is 12.1 Å². The van der Waals surface area contributed by atoms with Crippen LogP contribution in [0.2, 0.25) is 0 Å².